The summed E-state index contributed by atoms with van der Waals surface area (Å²) in [7, 11) is 0. The number of alkyl halides is 1. The highest BCUT2D eigenvalue weighted by Gasteiger charge is 2.16. The second kappa shape index (κ2) is 4.19. The number of Topliss-reactive ketones (excluding diaryl/α,β-unsaturated/α-hetero) is 1. The molecule has 1 aromatic rings. The molecular formula is C8H6Br2FNO. The molecule has 0 saturated heterocycles. The number of carbonyl (C=O) groups excluding carboxylic acids is 1. The summed E-state index contributed by atoms with van der Waals surface area (Å²) in [6.07, 6.45) is 0. The van der Waals surface area contributed by atoms with Gasteiger partial charge in [0.05, 0.1) is 15.4 Å². The van der Waals surface area contributed by atoms with Crippen molar-refractivity contribution in [1.29, 1.82) is 0 Å². The maximum atomic E-state index is 13.1. The van der Waals surface area contributed by atoms with Crippen molar-refractivity contribution in [1.82, 2.24) is 0 Å². The molecule has 1 rings (SSSR count). The van der Waals surface area contributed by atoms with E-state index in [-0.39, 0.29) is 16.7 Å². The Kier molecular flexibility index (Phi) is 3.44. The molecule has 0 spiro atoms. The largest absolute Gasteiger partial charge is 0.398 e. The van der Waals surface area contributed by atoms with Crippen LogP contribution >= 0.6 is 31.9 Å². The second-order valence-corrected chi connectivity index (χ2v) is 3.74. The molecule has 13 heavy (non-hydrogen) atoms. The number of nitrogens with two attached hydrogens (primary N) is 1. The Balaban J connectivity index is 3.33. The highest BCUT2D eigenvalue weighted by molar-refractivity contribution is 9.10. The van der Waals surface area contributed by atoms with Crippen molar-refractivity contribution in [3.63, 3.8) is 0 Å². The molecule has 2 N–H and O–H groups in total. The minimum absolute atomic E-state index is 0.00289. The van der Waals surface area contributed by atoms with Gasteiger partial charge in [0.1, 0.15) is 5.82 Å². The molecule has 0 amide bonds. The number of rotatable bonds is 2. The van der Waals surface area contributed by atoms with E-state index in [2.05, 4.69) is 31.9 Å². The van der Waals surface area contributed by atoms with E-state index in [1.165, 1.54) is 12.1 Å². The minimum atomic E-state index is -0.564. The topological polar surface area (TPSA) is 43.1 Å². The molecule has 0 fully saturated rings. The van der Waals surface area contributed by atoms with Crippen LogP contribution in [0, 0.1) is 5.82 Å². The van der Waals surface area contributed by atoms with Gasteiger partial charge >= 0.3 is 0 Å². The van der Waals surface area contributed by atoms with Gasteiger partial charge < -0.3 is 5.73 Å². The first-order valence-corrected chi connectivity index (χ1v) is 5.32. The lowest BCUT2D eigenvalue weighted by Crippen LogP contribution is -2.06. The molecule has 0 heterocycles. The summed E-state index contributed by atoms with van der Waals surface area (Å²) in [5.41, 5.74) is 5.85. The number of halogens is 3. The molecule has 0 unspecified atom stereocenters. The lowest BCUT2D eigenvalue weighted by Gasteiger charge is -2.05. The van der Waals surface area contributed by atoms with Crippen LogP contribution in [0.2, 0.25) is 0 Å². The van der Waals surface area contributed by atoms with Crippen LogP contribution in [0.1, 0.15) is 10.4 Å². The van der Waals surface area contributed by atoms with Crippen LogP contribution in [-0.2, 0) is 0 Å². The molecule has 0 aliphatic rings. The number of hydrogen-bond donors (Lipinski definition) is 1. The fourth-order valence-corrected chi connectivity index (χ4v) is 1.71. The van der Waals surface area contributed by atoms with Crippen molar-refractivity contribution in [2.75, 3.05) is 11.1 Å². The molecule has 70 valence electrons. The van der Waals surface area contributed by atoms with Gasteiger partial charge in [0.25, 0.3) is 0 Å². The third-order valence-corrected chi connectivity index (χ3v) is 2.88. The average molecular weight is 311 g/mol. The normalized spacial score (nSPS) is 10.1. The Morgan fingerprint density at radius 2 is 2.15 bits per heavy atom. The summed E-state index contributed by atoms with van der Waals surface area (Å²) < 4.78 is 13.5. The van der Waals surface area contributed by atoms with E-state index in [1.807, 2.05) is 0 Å². The average Bonchev–Trinajstić information content (AvgIpc) is 2.12. The Labute approximate surface area is 91.6 Å². The van der Waals surface area contributed by atoms with Crippen LogP contribution < -0.4 is 5.73 Å². The molecule has 0 radical (unpaired) electrons. The van der Waals surface area contributed by atoms with Crippen LogP contribution in [-0.4, -0.2) is 11.1 Å². The first-order valence-electron chi connectivity index (χ1n) is 3.40. The van der Waals surface area contributed by atoms with Gasteiger partial charge in [-0.15, -0.1) is 0 Å². The number of nitrogen functional groups attached to an aromatic ring is 1. The van der Waals surface area contributed by atoms with E-state index in [9.17, 15) is 9.18 Å². The molecule has 0 aliphatic carbocycles. The maximum absolute atomic E-state index is 13.1. The molecule has 0 saturated carbocycles. The molecule has 1 aromatic carbocycles. The summed E-state index contributed by atoms with van der Waals surface area (Å²) in [5.74, 6) is -0.901. The number of anilines is 1. The van der Waals surface area contributed by atoms with Crippen molar-refractivity contribution in [2.24, 2.45) is 0 Å². The minimum Gasteiger partial charge on any atom is -0.398 e. The fraction of sp³-hybridized carbons (Fsp3) is 0.125. The highest BCUT2D eigenvalue weighted by atomic mass is 79.9. The van der Waals surface area contributed by atoms with Gasteiger partial charge in [-0.3, -0.25) is 4.79 Å². The predicted octanol–water partition coefficient (Wildman–Crippen LogP) is 2.75. The van der Waals surface area contributed by atoms with Crippen molar-refractivity contribution in [3.05, 3.63) is 28.0 Å². The lowest BCUT2D eigenvalue weighted by atomic mass is 10.1. The first kappa shape index (κ1) is 10.7. The highest BCUT2D eigenvalue weighted by Crippen LogP contribution is 2.27. The summed E-state index contributed by atoms with van der Waals surface area (Å²) >= 11 is 6.03. The van der Waals surface area contributed by atoms with Crippen molar-refractivity contribution < 1.29 is 9.18 Å². The van der Waals surface area contributed by atoms with Crippen LogP contribution in [0.4, 0.5) is 10.1 Å². The lowest BCUT2D eigenvalue weighted by molar-refractivity contribution is 0.101. The molecule has 0 atom stereocenters. The van der Waals surface area contributed by atoms with Crippen LogP contribution in [0.15, 0.2) is 16.6 Å². The Hall–Kier alpha value is -0.420. The summed E-state index contributed by atoms with van der Waals surface area (Å²) in [6, 6.07) is 2.58. The first-order chi connectivity index (χ1) is 6.07. The van der Waals surface area contributed by atoms with E-state index < -0.39 is 5.82 Å². The van der Waals surface area contributed by atoms with Gasteiger partial charge in [0.15, 0.2) is 5.78 Å². The van der Waals surface area contributed by atoms with Gasteiger partial charge in [-0.05, 0) is 28.1 Å². The number of benzene rings is 1. The third kappa shape index (κ3) is 2.08. The molecule has 0 aliphatic heterocycles. The van der Waals surface area contributed by atoms with E-state index in [0.717, 1.165) is 0 Å². The van der Waals surface area contributed by atoms with E-state index >= 15 is 0 Å². The summed E-state index contributed by atoms with van der Waals surface area (Å²) in [5, 5.41) is 0.0754. The molecular weight excluding hydrogens is 305 g/mol. The van der Waals surface area contributed by atoms with E-state index in [0.29, 0.717) is 10.2 Å². The summed E-state index contributed by atoms with van der Waals surface area (Å²) in [6.45, 7) is 0. The number of ketones is 1. The van der Waals surface area contributed by atoms with Gasteiger partial charge in [-0.2, -0.15) is 0 Å². The molecule has 2 nitrogen and oxygen atoms in total. The maximum Gasteiger partial charge on any atom is 0.177 e. The van der Waals surface area contributed by atoms with Gasteiger partial charge in [-0.1, -0.05) is 15.9 Å². The molecule has 0 bridgehead atoms. The number of carbonyl (C=O) groups is 1. The Bertz CT molecular complexity index is 354. The summed E-state index contributed by atoms with van der Waals surface area (Å²) in [4.78, 5) is 11.2. The SMILES string of the molecule is Nc1ccc(F)c(C(=O)CBr)c1Br. The smallest absolute Gasteiger partial charge is 0.177 e. The molecule has 0 aromatic heterocycles. The van der Waals surface area contributed by atoms with Crippen LogP contribution in [0.25, 0.3) is 0 Å². The zero-order valence-electron chi connectivity index (χ0n) is 6.48. The quantitative estimate of drug-likeness (QED) is 0.518. The van der Waals surface area contributed by atoms with Crippen molar-refractivity contribution in [2.45, 2.75) is 0 Å². The van der Waals surface area contributed by atoms with Gasteiger partial charge in [0, 0.05) is 5.69 Å². The fourth-order valence-electron chi connectivity index (χ4n) is 0.891. The predicted molar refractivity (Wildman–Crippen MR) is 56.6 cm³/mol. The van der Waals surface area contributed by atoms with Crippen LogP contribution in [0.3, 0.4) is 0 Å². The standard InChI is InChI=1S/C8H6Br2FNO/c9-3-6(13)7-4(11)1-2-5(12)8(7)10/h1-2H,3,12H2. The van der Waals surface area contributed by atoms with Gasteiger partial charge in [0.2, 0.25) is 0 Å². The van der Waals surface area contributed by atoms with Crippen molar-refractivity contribution in [3.8, 4) is 0 Å². The van der Waals surface area contributed by atoms with E-state index in [1.54, 1.807) is 0 Å². The zero-order valence-corrected chi connectivity index (χ0v) is 9.65. The van der Waals surface area contributed by atoms with Gasteiger partial charge in [-0.25, -0.2) is 4.39 Å². The zero-order chi connectivity index (χ0) is 10.0. The second-order valence-electron chi connectivity index (χ2n) is 2.38. The monoisotopic (exact) mass is 309 g/mol. The molecule has 5 heteroatoms. The Morgan fingerprint density at radius 1 is 1.54 bits per heavy atom. The Morgan fingerprint density at radius 3 is 2.69 bits per heavy atom. The number of hydrogen-bond acceptors (Lipinski definition) is 2. The van der Waals surface area contributed by atoms with Crippen LogP contribution in [0.5, 0.6) is 0 Å². The van der Waals surface area contributed by atoms with Crippen molar-refractivity contribution >= 4 is 43.3 Å². The van der Waals surface area contributed by atoms with E-state index in [4.69, 9.17) is 5.73 Å². The third-order valence-electron chi connectivity index (χ3n) is 1.52.